The Bertz CT molecular complexity index is 192. The Morgan fingerprint density at radius 2 is 2.36 bits per heavy atom. The molecular weight excluding hydrogens is 138 g/mol. The second-order valence-electron chi connectivity index (χ2n) is 3.41. The maximum atomic E-state index is 5.24. The lowest BCUT2D eigenvalue weighted by Crippen LogP contribution is -2.19. The second kappa shape index (κ2) is 3.07. The van der Waals surface area contributed by atoms with Gasteiger partial charge in [-0.05, 0) is 13.0 Å². The molecular formula is C9H15NO. The van der Waals surface area contributed by atoms with Gasteiger partial charge in [0.05, 0.1) is 13.2 Å². The molecule has 0 fully saturated rings. The van der Waals surface area contributed by atoms with Gasteiger partial charge in [-0.2, -0.15) is 0 Å². The van der Waals surface area contributed by atoms with Gasteiger partial charge >= 0.3 is 0 Å². The molecule has 62 valence electrons. The minimum absolute atomic E-state index is 0.209. The maximum absolute atomic E-state index is 5.24. The minimum Gasteiger partial charge on any atom is -0.478 e. The van der Waals surface area contributed by atoms with Crippen LogP contribution in [0.1, 0.15) is 20.8 Å². The highest BCUT2D eigenvalue weighted by atomic mass is 16.5. The van der Waals surface area contributed by atoms with Crippen LogP contribution in [-0.4, -0.2) is 19.0 Å². The molecule has 0 aromatic rings. The fourth-order valence-electron chi connectivity index (χ4n) is 0.926. The Kier molecular flexibility index (Phi) is 2.32. The molecule has 0 spiro atoms. The molecule has 2 heteroatoms. The van der Waals surface area contributed by atoms with Crippen molar-refractivity contribution in [1.29, 1.82) is 0 Å². The fraction of sp³-hybridized carbons (Fsp3) is 0.667. The summed E-state index contributed by atoms with van der Waals surface area (Å²) in [6.07, 6.45) is 4.10. The Morgan fingerprint density at radius 3 is 2.82 bits per heavy atom. The normalized spacial score (nSPS) is 21.2. The summed E-state index contributed by atoms with van der Waals surface area (Å²) in [5, 5.41) is 0. The molecule has 0 bridgehead atoms. The van der Waals surface area contributed by atoms with Gasteiger partial charge in [0.25, 0.3) is 0 Å². The molecule has 0 atom stereocenters. The van der Waals surface area contributed by atoms with Crippen LogP contribution in [0.4, 0.5) is 0 Å². The molecule has 0 amide bonds. The lowest BCUT2D eigenvalue weighted by atomic mass is 9.92. The van der Waals surface area contributed by atoms with Gasteiger partial charge in [0.2, 0.25) is 5.90 Å². The van der Waals surface area contributed by atoms with E-state index in [0.717, 1.165) is 12.4 Å². The van der Waals surface area contributed by atoms with Crippen LogP contribution in [0, 0.1) is 5.41 Å². The largest absolute Gasteiger partial charge is 0.478 e. The first kappa shape index (κ1) is 8.31. The number of dihydropyridines is 1. The molecule has 0 unspecified atom stereocenters. The summed E-state index contributed by atoms with van der Waals surface area (Å²) >= 11 is 0. The molecule has 1 rings (SSSR count). The zero-order valence-electron chi connectivity index (χ0n) is 7.42. The predicted molar refractivity (Wildman–Crippen MR) is 46.8 cm³/mol. The minimum atomic E-state index is 0.209. The second-order valence-corrected chi connectivity index (χ2v) is 3.41. The van der Waals surface area contributed by atoms with Crippen molar-refractivity contribution >= 4 is 5.90 Å². The van der Waals surface area contributed by atoms with Gasteiger partial charge in [0.15, 0.2) is 0 Å². The molecule has 2 nitrogen and oxygen atoms in total. The fourth-order valence-corrected chi connectivity index (χ4v) is 0.926. The quantitative estimate of drug-likeness (QED) is 0.564. The van der Waals surface area contributed by atoms with Crippen molar-refractivity contribution < 1.29 is 4.74 Å². The van der Waals surface area contributed by atoms with E-state index in [2.05, 4.69) is 24.9 Å². The van der Waals surface area contributed by atoms with Crippen LogP contribution in [0.25, 0.3) is 0 Å². The van der Waals surface area contributed by atoms with E-state index >= 15 is 0 Å². The van der Waals surface area contributed by atoms with Crippen molar-refractivity contribution in [2.24, 2.45) is 10.4 Å². The molecule has 0 saturated heterocycles. The van der Waals surface area contributed by atoms with Crippen molar-refractivity contribution in [2.45, 2.75) is 20.8 Å². The summed E-state index contributed by atoms with van der Waals surface area (Å²) in [6.45, 7) is 7.82. The van der Waals surface area contributed by atoms with E-state index < -0.39 is 0 Å². The van der Waals surface area contributed by atoms with Gasteiger partial charge in [-0.1, -0.05) is 19.9 Å². The molecule has 0 saturated carbocycles. The lowest BCUT2D eigenvalue weighted by Gasteiger charge is -2.21. The van der Waals surface area contributed by atoms with E-state index in [1.54, 1.807) is 0 Å². The standard InChI is InChI=1S/C9H15NO/c1-4-11-8-5-6-9(2,3)7-10-8/h5-6H,4,7H2,1-3H3. The number of ether oxygens (including phenoxy) is 1. The van der Waals surface area contributed by atoms with Crippen molar-refractivity contribution in [3.8, 4) is 0 Å². The summed E-state index contributed by atoms with van der Waals surface area (Å²) in [4.78, 5) is 4.28. The van der Waals surface area contributed by atoms with Gasteiger partial charge < -0.3 is 4.74 Å². The van der Waals surface area contributed by atoms with Gasteiger partial charge in [0.1, 0.15) is 0 Å². The van der Waals surface area contributed by atoms with Crippen molar-refractivity contribution in [3.63, 3.8) is 0 Å². The van der Waals surface area contributed by atoms with E-state index in [1.807, 2.05) is 13.0 Å². The van der Waals surface area contributed by atoms with Gasteiger partial charge in [-0.25, -0.2) is 0 Å². The van der Waals surface area contributed by atoms with Crippen LogP contribution in [0.3, 0.4) is 0 Å². The molecule has 1 aliphatic rings. The molecule has 0 aliphatic carbocycles. The molecule has 0 aromatic carbocycles. The van der Waals surface area contributed by atoms with Gasteiger partial charge in [-0.3, -0.25) is 4.99 Å². The predicted octanol–water partition coefficient (Wildman–Crippen LogP) is 2.02. The number of aliphatic imine (C=N–C) groups is 1. The Morgan fingerprint density at radius 1 is 1.64 bits per heavy atom. The smallest absolute Gasteiger partial charge is 0.208 e. The third-order valence-electron chi connectivity index (χ3n) is 1.61. The summed E-state index contributed by atoms with van der Waals surface area (Å²) in [5.74, 6) is 0.770. The summed E-state index contributed by atoms with van der Waals surface area (Å²) in [7, 11) is 0. The van der Waals surface area contributed by atoms with Crippen molar-refractivity contribution in [2.75, 3.05) is 13.2 Å². The van der Waals surface area contributed by atoms with Crippen LogP contribution in [0.15, 0.2) is 17.1 Å². The summed E-state index contributed by atoms with van der Waals surface area (Å²) in [5.41, 5.74) is 0.209. The molecule has 0 radical (unpaired) electrons. The monoisotopic (exact) mass is 153 g/mol. The number of nitrogens with zero attached hydrogens (tertiary/aromatic N) is 1. The van der Waals surface area contributed by atoms with E-state index in [4.69, 9.17) is 4.74 Å². The van der Waals surface area contributed by atoms with E-state index in [-0.39, 0.29) is 5.41 Å². The first-order valence-electron chi connectivity index (χ1n) is 4.00. The first-order valence-corrected chi connectivity index (χ1v) is 4.00. The summed E-state index contributed by atoms with van der Waals surface area (Å²) < 4.78 is 5.24. The van der Waals surface area contributed by atoms with Crippen molar-refractivity contribution in [1.82, 2.24) is 0 Å². The van der Waals surface area contributed by atoms with Crippen LogP contribution in [0.5, 0.6) is 0 Å². The third-order valence-corrected chi connectivity index (χ3v) is 1.61. The van der Waals surface area contributed by atoms with Crippen molar-refractivity contribution in [3.05, 3.63) is 12.2 Å². The van der Waals surface area contributed by atoms with Gasteiger partial charge in [-0.15, -0.1) is 0 Å². The van der Waals surface area contributed by atoms with E-state index in [1.165, 1.54) is 0 Å². The van der Waals surface area contributed by atoms with Crippen LogP contribution < -0.4 is 0 Å². The van der Waals surface area contributed by atoms with E-state index in [9.17, 15) is 0 Å². The summed E-state index contributed by atoms with van der Waals surface area (Å²) in [6, 6.07) is 0. The van der Waals surface area contributed by atoms with Crippen LogP contribution in [0.2, 0.25) is 0 Å². The number of hydrogen-bond donors (Lipinski definition) is 0. The highest BCUT2D eigenvalue weighted by molar-refractivity contribution is 5.88. The Balaban J connectivity index is 2.53. The maximum Gasteiger partial charge on any atom is 0.208 e. The average molecular weight is 153 g/mol. The van der Waals surface area contributed by atoms with Gasteiger partial charge in [0, 0.05) is 5.41 Å². The zero-order valence-corrected chi connectivity index (χ0v) is 7.42. The Labute approximate surface area is 68.0 Å². The average Bonchev–Trinajstić information content (AvgIpc) is 1.94. The Hall–Kier alpha value is -0.790. The lowest BCUT2D eigenvalue weighted by molar-refractivity contribution is 0.322. The topological polar surface area (TPSA) is 21.6 Å². The number of hydrogen-bond acceptors (Lipinski definition) is 2. The number of rotatable bonds is 1. The SMILES string of the molecule is CCOC1=NCC(C)(C)C=C1. The highest BCUT2D eigenvalue weighted by Crippen LogP contribution is 2.20. The van der Waals surface area contributed by atoms with Crippen LogP contribution in [-0.2, 0) is 4.74 Å². The zero-order chi connectivity index (χ0) is 8.32. The third kappa shape index (κ3) is 2.37. The first-order chi connectivity index (χ1) is 5.14. The molecule has 1 heterocycles. The highest BCUT2D eigenvalue weighted by Gasteiger charge is 2.17. The molecule has 11 heavy (non-hydrogen) atoms. The molecule has 1 aliphatic heterocycles. The van der Waals surface area contributed by atoms with Crippen LogP contribution >= 0.6 is 0 Å². The molecule has 0 aromatic heterocycles. The van der Waals surface area contributed by atoms with E-state index in [0.29, 0.717) is 6.61 Å². The molecule has 0 N–H and O–H groups in total.